The topological polar surface area (TPSA) is 131 Å². The Labute approximate surface area is 205 Å². The number of aryl methyl sites for hydroxylation is 1. The van der Waals surface area contributed by atoms with Gasteiger partial charge in [-0.2, -0.15) is 0 Å². The Morgan fingerprint density at radius 3 is 2.53 bits per heavy atom. The van der Waals surface area contributed by atoms with Crippen LogP contribution in [0.25, 0.3) is 0 Å². The summed E-state index contributed by atoms with van der Waals surface area (Å²) in [6.07, 6.45) is 4.29. The molecule has 178 valence electrons. The fourth-order valence-electron chi connectivity index (χ4n) is 2.91. The number of benzene rings is 2. The zero-order valence-corrected chi connectivity index (χ0v) is 19.7. The highest BCUT2D eigenvalue weighted by Gasteiger charge is 2.23. The first-order valence-corrected chi connectivity index (χ1v) is 11.1. The standard InChI is InChI=1S/C22H22Cl2N6O4/c1-2-3-4-14-5-8-16(9-6-14)27-21-20(30(32)33)22(26-13-25-21)29-28-19(31)12-34-18-10-7-15(23)11-17(18)24/h5-11,13H,2-4,12H2,1H3,(H,28,31)(H2,25,26,27,29). The molecule has 3 aromatic rings. The van der Waals surface area contributed by atoms with E-state index >= 15 is 0 Å². The number of ether oxygens (including phenoxy) is 1. The average Bonchev–Trinajstić information content (AvgIpc) is 2.81. The number of hydrogen-bond acceptors (Lipinski definition) is 8. The molecule has 0 aliphatic rings. The summed E-state index contributed by atoms with van der Waals surface area (Å²) < 4.78 is 5.33. The fourth-order valence-corrected chi connectivity index (χ4v) is 3.37. The van der Waals surface area contributed by atoms with E-state index in [-0.39, 0.29) is 22.4 Å². The Hall–Kier alpha value is -3.63. The summed E-state index contributed by atoms with van der Waals surface area (Å²) in [4.78, 5) is 31.1. The summed E-state index contributed by atoms with van der Waals surface area (Å²) in [5.41, 5.74) is 6.13. The van der Waals surface area contributed by atoms with Crippen molar-refractivity contribution in [3.8, 4) is 5.75 Å². The Balaban J connectivity index is 1.65. The second kappa shape index (κ2) is 12.0. The maximum Gasteiger partial charge on any atom is 0.355 e. The maximum atomic E-state index is 12.1. The van der Waals surface area contributed by atoms with E-state index in [2.05, 4.69) is 33.1 Å². The molecule has 1 heterocycles. The van der Waals surface area contributed by atoms with E-state index in [1.807, 2.05) is 24.3 Å². The van der Waals surface area contributed by atoms with Crippen LogP contribution in [-0.2, 0) is 11.2 Å². The Morgan fingerprint density at radius 2 is 1.85 bits per heavy atom. The van der Waals surface area contributed by atoms with Gasteiger partial charge in [-0.25, -0.2) is 9.97 Å². The Bertz CT molecular complexity index is 1160. The van der Waals surface area contributed by atoms with Crippen molar-refractivity contribution in [2.24, 2.45) is 0 Å². The molecule has 3 rings (SSSR count). The van der Waals surface area contributed by atoms with Gasteiger partial charge < -0.3 is 10.1 Å². The molecular formula is C22H22Cl2N6O4. The lowest BCUT2D eigenvalue weighted by Gasteiger charge is -2.12. The van der Waals surface area contributed by atoms with Crippen LogP contribution in [0.15, 0.2) is 48.8 Å². The SMILES string of the molecule is CCCCc1ccc(Nc2ncnc(NNC(=O)COc3ccc(Cl)cc3Cl)c2[N+](=O)[O-])cc1. The first-order valence-electron chi connectivity index (χ1n) is 10.4. The minimum atomic E-state index is -0.642. The zero-order valence-electron chi connectivity index (χ0n) is 18.2. The van der Waals surface area contributed by atoms with Crippen molar-refractivity contribution in [2.75, 3.05) is 17.3 Å². The van der Waals surface area contributed by atoms with E-state index in [9.17, 15) is 14.9 Å². The minimum Gasteiger partial charge on any atom is -0.482 e. The second-order valence-electron chi connectivity index (χ2n) is 7.14. The van der Waals surface area contributed by atoms with E-state index in [0.29, 0.717) is 10.7 Å². The summed E-state index contributed by atoms with van der Waals surface area (Å²) >= 11 is 11.8. The van der Waals surface area contributed by atoms with Crippen molar-refractivity contribution in [2.45, 2.75) is 26.2 Å². The van der Waals surface area contributed by atoms with Crippen molar-refractivity contribution < 1.29 is 14.5 Å². The molecule has 1 amide bonds. The number of anilines is 3. The highest BCUT2D eigenvalue weighted by atomic mass is 35.5. The number of hydrogen-bond donors (Lipinski definition) is 3. The number of nitrogens with zero attached hydrogens (tertiary/aromatic N) is 3. The molecule has 0 unspecified atom stereocenters. The lowest BCUT2D eigenvalue weighted by molar-refractivity contribution is -0.383. The number of halogens is 2. The van der Waals surface area contributed by atoms with Crippen LogP contribution in [0.4, 0.5) is 23.0 Å². The van der Waals surface area contributed by atoms with Gasteiger partial charge in [0, 0.05) is 10.7 Å². The first kappa shape index (κ1) is 25.0. The largest absolute Gasteiger partial charge is 0.482 e. The van der Waals surface area contributed by atoms with Gasteiger partial charge in [0.05, 0.1) is 9.95 Å². The third kappa shape index (κ3) is 6.93. The van der Waals surface area contributed by atoms with Gasteiger partial charge in [0.25, 0.3) is 5.91 Å². The lowest BCUT2D eigenvalue weighted by atomic mass is 10.1. The van der Waals surface area contributed by atoms with Gasteiger partial charge in [-0.3, -0.25) is 25.8 Å². The molecule has 2 aromatic carbocycles. The zero-order chi connectivity index (χ0) is 24.5. The predicted molar refractivity (Wildman–Crippen MR) is 131 cm³/mol. The summed E-state index contributed by atoms with van der Waals surface area (Å²) in [6, 6.07) is 12.1. The van der Waals surface area contributed by atoms with Gasteiger partial charge in [0.15, 0.2) is 6.61 Å². The van der Waals surface area contributed by atoms with Crippen molar-refractivity contribution in [1.29, 1.82) is 0 Å². The number of nitrogens with one attached hydrogen (secondary N) is 3. The van der Waals surface area contributed by atoms with E-state index < -0.39 is 23.1 Å². The van der Waals surface area contributed by atoms with Crippen LogP contribution in [0.2, 0.25) is 10.0 Å². The molecular weight excluding hydrogens is 483 g/mol. The van der Waals surface area contributed by atoms with Gasteiger partial charge >= 0.3 is 5.69 Å². The smallest absolute Gasteiger partial charge is 0.355 e. The van der Waals surface area contributed by atoms with E-state index in [1.165, 1.54) is 17.7 Å². The molecule has 0 atom stereocenters. The minimum absolute atomic E-state index is 0.0257. The van der Waals surface area contributed by atoms with E-state index in [0.717, 1.165) is 25.6 Å². The van der Waals surface area contributed by atoms with Crippen LogP contribution in [-0.4, -0.2) is 27.4 Å². The summed E-state index contributed by atoms with van der Waals surface area (Å²) in [7, 11) is 0. The number of hydrazine groups is 1. The monoisotopic (exact) mass is 504 g/mol. The second-order valence-corrected chi connectivity index (χ2v) is 7.98. The molecule has 3 N–H and O–H groups in total. The highest BCUT2D eigenvalue weighted by Crippen LogP contribution is 2.31. The number of carbonyl (C=O) groups is 1. The van der Waals surface area contributed by atoms with Gasteiger partial charge in [-0.05, 0) is 48.7 Å². The molecule has 0 aliphatic carbocycles. The molecule has 0 aliphatic heterocycles. The number of unbranched alkanes of at least 4 members (excludes halogenated alkanes) is 1. The van der Waals surface area contributed by atoms with Crippen LogP contribution < -0.4 is 20.9 Å². The molecule has 12 heteroatoms. The van der Waals surface area contributed by atoms with Crippen LogP contribution in [0, 0.1) is 10.1 Å². The Kier molecular flexibility index (Phi) is 8.83. The molecule has 10 nitrogen and oxygen atoms in total. The third-order valence-corrected chi connectivity index (χ3v) is 5.14. The van der Waals surface area contributed by atoms with Crippen LogP contribution in [0.5, 0.6) is 5.75 Å². The highest BCUT2D eigenvalue weighted by molar-refractivity contribution is 6.35. The average molecular weight is 505 g/mol. The first-order chi connectivity index (χ1) is 16.4. The van der Waals surface area contributed by atoms with Crippen molar-refractivity contribution in [3.63, 3.8) is 0 Å². The third-order valence-electron chi connectivity index (χ3n) is 4.61. The molecule has 0 saturated carbocycles. The number of amides is 1. The summed E-state index contributed by atoms with van der Waals surface area (Å²) in [5, 5.41) is 15.3. The quantitative estimate of drug-likeness (QED) is 0.236. The van der Waals surface area contributed by atoms with Gasteiger partial charge in [-0.15, -0.1) is 0 Å². The predicted octanol–water partition coefficient (Wildman–Crippen LogP) is 5.30. The normalized spacial score (nSPS) is 10.4. The molecule has 0 spiro atoms. The van der Waals surface area contributed by atoms with Gasteiger partial charge in [0.2, 0.25) is 11.6 Å². The number of nitro groups is 1. The maximum absolute atomic E-state index is 12.1. The Morgan fingerprint density at radius 1 is 1.12 bits per heavy atom. The van der Waals surface area contributed by atoms with E-state index in [1.54, 1.807) is 6.07 Å². The molecule has 0 bridgehead atoms. The van der Waals surface area contributed by atoms with Crippen molar-refractivity contribution in [1.82, 2.24) is 15.4 Å². The van der Waals surface area contributed by atoms with Crippen LogP contribution in [0.3, 0.4) is 0 Å². The van der Waals surface area contributed by atoms with Gasteiger partial charge in [-0.1, -0.05) is 48.7 Å². The van der Waals surface area contributed by atoms with Crippen molar-refractivity contribution in [3.05, 3.63) is 74.5 Å². The summed E-state index contributed by atoms with van der Waals surface area (Å²) in [6.45, 7) is 1.73. The van der Waals surface area contributed by atoms with Crippen LogP contribution >= 0.6 is 23.2 Å². The van der Waals surface area contributed by atoms with E-state index in [4.69, 9.17) is 27.9 Å². The lowest BCUT2D eigenvalue weighted by Crippen LogP contribution is -2.34. The molecule has 0 fully saturated rings. The number of aromatic nitrogens is 2. The fraction of sp³-hybridized carbons (Fsp3) is 0.227. The molecule has 34 heavy (non-hydrogen) atoms. The molecule has 0 saturated heterocycles. The number of carbonyl (C=O) groups excluding carboxylic acids is 1. The van der Waals surface area contributed by atoms with Crippen molar-refractivity contribution >= 4 is 52.1 Å². The number of rotatable bonds is 11. The molecule has 0 radical (unpaired) electrons. The van der Waals surface area contributed by atoms with Gasteiger partial charge in [0.1, 0.15) is 12.1 Å². The van der Waals surface area contributed by atoms with Crippen LogP contribution in [0.1, 0.15) is 25.3 Å². The molecule has 1 aromatic heterocycles. The summed E-state index contributed by atoms with van der Waals surface area (Å²) in [5.74, 6) is -0.570.